The molecule has 54 valence electrons. The standard InChI is InChI=1S/C9H13N/c1-8-4-6-9(7-5-8)10(2)3/h4-7H,1-3H3/i2D3,3D3. The molecule has 0 unspecified atom stereocenters. The first-order valence-corrected chi connectivity index (χ1v) is 2.99. The Balaban J connectivity index is 3.18. The van der Waals surface area contributed by atoms with Crippen molar-refractivity contribution in [2.45, 2.75) is 6.92 Å². The van der Waals surface area contributed by atoms with Gasteiger partial charge in [-0.1, -0.05) is 17.7 Å². The Morgan fingerprint density at radius 1 is 1.20 bits per heavy atom. The Morgan fingerprint density at radius 2 is 1.80 bits per heavy atom. The van der Waals surface area contributed by atoms with Crippen molar-refractivity contribution in [2.75, 3.05) is 18.9 Å². The highest BCUT2D eigenvalue weighted by Gasteiger charge is 1.90. The molecule has 0 bridgehead atoms. The van der Waals surface area contributed by atoms with Gasteiger partial charge in [-0.05, 0) is 19.1 Å². The molecule has 0 saturated carbocycles. The molecule has 1 heteroatoms. The maximum atomic E-state index is 7.24. The molecular weight excluding hydrogens is 122 g/mol. The molecule has 0 atom stereocenters. The van der Waals surface area contributed by atoms with Crippen molar-refractivity contribution in [2.24, 2.45) is 0 Å². The Morgan fingerprint density at radius 3 is 2.30 bits per heavy atom. The molecule has 0 aliphatic heterocycles. The van der Waals surface area contributed by atoms with Gasteiger partial charge in [0.2, 0.25) is 0 Å². The number of hydrogen-bond donors (Lipinski definition) is 0. The highest BCUT2D eigenvalue weighted by molar-refractivity contribution is 5.45. The average Bonchev–Trinajstić information content (AvgIpc) is 2.03. The van der Waals surface area contributed by atoms with Crippen LogP contribution in [-0.4, -0.2) is 14.0 Å². The quantitative estimate of drug-likeness (QED) is 0.578. The van der Waals surface area contributed by atoms with Crippen LogP contribution in [0, 0.1) is 6.92 Å². The molecule has 0 aliphatic carbocycles. The zero-order chi connectivity index (χ0) is 12.6. The predicted molar refractivity (Wildman–Crippen MR) is 45.5 cm³/mol. The monoisotopic (exact) mass is 141 g/mol. The first kappa shape index (κ1) is 2.57. The smallest absolute Gasteiger partial charge is 0.0456 e. The second-order valence-electron chi connectivity index (χ2n) is 2.17. The molecule has 10 heavy (non-hydrogen) atoms. The third-order valence-electron chi connectivity index (χ3n) is 1.29. The summed E-state index contributed by atoms with van der Waals surface area (Å²) in [7, 11) is 0. The van der Waals surface area contributed by atoms with Gasteiger partial charge in [-0.15, -0.1) is 0 Å². The van der Waals surface area contributed by atoms with Gasteiger partial charge in [0, 0.05) is 27.9 Å². The fraction of sp³-hybridized carbons (Fsp3) is 0.333. The van der Waals surface area contributed by atoms with Gasteiger partial charge in [-0.25, -0.2) is 0 Å². The van der Waals surface area contributed by atoms with Crippen molar-refractivity contribution < 1.29 is 8.22 Å². The van der Waals surface area contributed by atoms with E-state index in [9.17, 15) is 0 Å². The van der Waals surface area contributed by atoms with Gasteiger partial charge in [0.1, 0.15) is 0 Å². The van der Waals surface area contributed by atoms with E-state index in [-0.39, 0.29) is 5.69 Å². The molecule has 0 aromatic heterocycles. The van der Waals surface area contributed by atoms with E-state index in [2.05, 4.69) is 0 Å². The summed E-state index contributed by atoms with van der Waals surface area (Å²) in [5.74, 6) is 0. The molecule has 0 aliphatic rings. The fourth-order valence-electron chi connectivity index (χ4n) is 0.694. The van der Waals surface area contributed by atoms with Crippen molar-refractivity contribution in [1.82, 2.24) is 0 Å². The van der Waals surface area contributed by atoms with E-state index >= 15 is 0 Å². The molecule has 0 amide bonds. The number of anilines is 1. The Hall–Kier alpha value is -0.980. The lowest BCUT2D eigenvalue weighted by atomic mass is 10.2. The Labute approximate surface area is 70.7 Å². The zero-order valence-corrected chi connectivity index (χ0v) is 5.76. The van der Waals surface area contributed by atoms with Crippen LogP contribution in [0.25, 0.3) is 0 Å². The second kappa shape index (κ2) is 2.74. The Kier molecular flexibility index (Phi) is 0.703. The maximum Gasteiger partial charge on any atom is 0.0456 e. The molecule has 1 aromatic rings. The third kappa shape index (κ3) is 1.50. The van der Waals surface area contributed by atoms with Crippen LogP contribution in [-0.2, 0) is 0 Å². The Bertz CT molecular complexity index is 336. The lowest BCUT2D eigenvalue weighted by molar-refractivity contribution is 1.13. The second-order valence-corrected chi connectivity index (χ2v) is 2.17. The molecular formula is C9H13N. The summed E-state index contributed by atoms with van der Waals surface area (Å²) in [4.78, 5) is 0.472. The summed E-state index contributed by atoms with van der Waals surface area (Å²) < 4.78 is 43.4. The van der Waals surface area contributed by atoms with Crippen LogP contribution in [0.5, 0.6) is 0 Å². The molecule has 1 rings (SSSR count). The first-order chi connectivity index (χ1) is 7.12. The third-order valence-corrected chi connectivity index (χ3v) is 1.29. The van der Waals surface area contributed by atoms with Crippen molar-refractivity contribution in [3.8, 4) is 0 Å². The maximum absolute atomic E-state index is 7.24. The van der Waals surface area contributed by atoms with E-state index in [4.69, 9.17) is 8.22 Å². The zero-order valence-electron chi connectivity index (χ0n) is 11.8. The fourth-order valence-corrected chi connectivity index (χ4v) is 0.694. The largest absolute Gasteiger partial charge is 0.378 e. The average molecular weight is 141 g/mol. The number of nitrogens with zero attached hydrogens (tertiary/aromatic N) is 1. The van der Waals surface area contributed by atoms with Crippen molar-refractivity contribution >= 4 is 5.69 Å². The number of hydrogen-bond acceptors (Lipinski definition) is 1. The molecule has 1 aromatic carbocycles. The van der Waals surface area contributed by atoms with Crippen LogP contribution in [0.4, 0.5) is 5.69 Å². The SMILES string of the molecule is [2H]C([2H])([2H])N(c1ccc(C)cc1)C([2H])([2H])[2H]. The van der Waals surface area contributed by atoms with Crippen molar-refractivity contribution in [3.63, 3.8) is 0 Å². The topological polar surface area (TPSA) is 3.24 Å². The van der Waals surface area contributed by atoms with Crippen LogP contribution >= 0.6 is 0 Å². The summed E-state index contributed by atoms with van der Waals surface area (Å²) in [6.07, 6.45) is 0. The lowest BCUT2D eigenvalue weighted by Crippen LogP contribution is -2.07. The first-order valence-electron chi connectivity index (χ1n) is 5.99. The minimum Gasteiger partial charge on any atom is -0.378 e. The van der Waals surface area contributed by atoms with Gasteiger partial charge in [0.25, 0.3) is 0 Å². The van der Waals surface area contributed by atoms with Crippen LogP contribution in [0.15, 0.2) is 24.3 Å². The van der Waals surface area contributed by atoms with E-state index in [1.165, 1.54) is 12.1 Å². The van der Waals surface area contributed by atoms with Crippen LogP contribution in [0.3, 0.4) is 0 Å². The predicted octanol–water partition coefficient (Wildman–Crippen LogP) is 2.06. The van der Waals surface area contributed by atoms with E-state index < -0.39 is 14.0 Å². The summed E-state index contributed by atoms with van der Waals surface area (Å²) in [6.45, 7) is -3.51. The van der Waals surface area contributed by atoms with Gasteiger partial charge in [0.15, 0.2) is 0 Å². The molecule has 0 spiro atoms. The van der Waals surface area contributed by atoms with Gasteiger partial charge in [-0.2, -0.15) is 0 Å². The minimum atomic E-state index is -2.68. The summed E-state index contributed by atoms with van der Waals surface area (Å²) in [5.41, 5.74) is 1.12. The highest BCUT2D eigenvalue weighted by atomic mass is 15.1. The van der Waals surface area contributed by atoms with E-state index in [1.54, 1.807) is 12.1 Å². The van der Waals surface area contributed by atoms with Gasteiger partial charge < -0.3 is 4.90 Å². The van der Waals surface area contributed by atoms with Crippen LogP contribution in [0.1, 0.15) is 13.8 Å². The summed E-state index contributed by atoms with van der Waals surface area (Å²) >= 11 is 0. The molecule has 0 N–H and O–H groups in total. The van der Waals surface area contributed by atoms with Crippen LogP contribution < -0.4 is 4.90 Å². The molecule has 0 radical (unpaired) electrons. The number of benzene rings is 1. The van der Waals surface area contributed by atoms with Gasteiger partial charge in [-0.3, -0.25) is 0 Å². The summed E-state index contributed by atoms with van der Waals surface area (Å²) in [5, 5.41) is 0. The van der Waals surface area contributed by atoms with Crippen molar-refractivity contribution in [1.29, 1.82) is 0 Å². The highest BCUT2D eigenvalue weighted by Crippen LogP contribution is 2.10. The van der Waals surface area contributed by atoms with Gasteiger partial charge >= 0.3 is 0 Å². The number of aryl methyl sites for hydroxylation is 1. The van der Waals surface area contributed by atoms with E-state index in [1.807, 2.05) is 6.92 Å². The van der Waals surface area contributed by atoms with E-state index in [0.29, 0.717) is 4.90 Å². The summed E-state index contributed by atoms with van der Waals surface area (Å²) in [6, 6.07) is 6.35. The lowest BCUT2D eigenvalue weighted by Gasteiger charge is -2.11. The minimum absolute atomic E-state index is 0.172. The number of rotatable bonds is 1. The van der Waals surface area contributed by atoms with Crippen molar-refractivity contribution in [3.05, 3.63) is 29.8 Å². The van der Waals surface area contributed by atoms with Crippen LogP contribution in [0.2, 0.25) is 0 Å². The normalized spacial score (nSPS) is 20.9. The molecule has 0 heterocycles. The molecule has 0 saturated heterocycles. The van der Waals surface area contributed by atoms with E-state index in [0.717, 1.165) is 5.56 Å². The molecule has 0 fully saturated rings. The molecule has 1 nitrogen and oxygen atoms in total. The van der Waals surface area contributed by atoms with Gasteiger partial charge in [0.05, 0.1) is 0 Å².